The number of anilines is 1. The molecular formula is C16H28N4. The lowest BCUT2D eigenvalue weighted by molar-refractivity contribution is 0.481. The van der Waals surface area contributed by atoms with Crippen LogP contribution in [0.1, 0.15) is 64.4 Å². The summed E-state index contributed by atoms with van der Waals surface area (Å²) in [6.45, 7) is 11.7. The van der Waals surface area contributed by atoms with Gasteiger partial charge in [0.05, 0.1) is 17.6 Å². The molecule has 1 aliphatic rings. The van der Waals surface area contributed by atoms with Crippen molar-refractivity contribution in [3.05, 3.63) is 17.7 Å². The molecule has 112 valence electrons. The van der Waals surface area contributed by atoms with Gasteiger partial charge in [0, 0.05) is 25.0 Å². The van der Waals surface area contributed by atoms with Crippen LogP contribution in [0.15, 0.2) is 6.20 Å². The molecule has 20 heavy (non-hydrogen) atoms. The average Bonchev–Trinajstić information content (AvgIpc) is 2.45. The maximum absolute atomic E-state index is 4.80. The highest BCUT2D eigenvalue weighted by Crippen LogP contribution is 2.27. The zero-order valence-electron chi connectivity index (χ0n) is 13.3. The molecule has 1 saturated heterocycles. The number of piperidine rings is 1. The molecule has 0 bridgehead atoms. The number of aromatic nitrogens is 2. The molecule has 4 nitrogen and oxygen atoms in total. The average molecular weight is 276 g/mol. The molecule has 2 rings (SSSR count). The predicted octanol–water partition coefficient (Wildman–Crippen LogP) is 3.09. The summed E-state index contributed by atoms with van der Waals surface area (Å²) in [6.07, 6.45) is 5.92. The van der Waals surface area contributed by atoms with E-state index in [1.807, 2.05) is 6.20 Å². The third kappa shape index (κ3) is 3.48. The Labute approximate surface area is 123 Å². The Morgan fingerprint density at radius 3 is 2.85 bits per heavy atom. The smallest absolute Gasteiger partial charge is 0.131 e. The first kappa shape index (κ1) is 15.2. The summed E-state index contributed by atoms with van der Waals surface area (Å²) >= 11 is 0. The Balaban J connectivity index is 2.29. The van der Waals surface area contributed by atoms with Crippen LogP contribution in [0, 0.1) is 0 Å². The standard InChI is InChI=1S/C16H28N4/c1-5-17-10-14-15(11-18-16(19-14)12(2)3)20-9-7-6-8-13(20)4/h11-13,17H,5-10H2,1-4H3. The Morgan fingerprint density at radius 2 is 2.20 bits per heavy atom. The van der Waals surface area contributed by atoms with Crippen LogP contribution in [-0.4, -0.2) is 29.1 Å². The first-order valence-corrected chi connectivity index (χ1v) is 7.96. The van der Waals surface area contributed by atoms with Crippen molar-refractivity contribution < 1.29 is 0 Å². The van der Waals surface area contributed by atoms with Gasteiger partial charge in [0.1, 0.15) is 5.82 Å². The monoisotopic (exact) mass is 276 g/mol. The van der Waals surface area contributed by atoms with Crippen LogP contribution in [0.2, 0.25) is 0 Å². The second kappa shape index (κ2) is 7.02. The Hall–Kier alpha value is -1.16. The number of nitrogens with zero attached hydrogens (tertiary/aromatic N) is 3. The summed E-state index contributed by atoms with van der Waals surface area (Å²) in [7, 11) is 0. The highest BCUT2D eigenvalue weighted by atomic mass is 15.2. The highest BCUT2D eigenvalue weighted by Gasteiger charge is 2.22. The molecular weight excluding hydrogens is 248 g/mol. The molecule has 1 aliphatic heterocycles. The Kier molecular flexibility index (Phi) is 5.35. The van der Waals surface area contributed by atoms with Gasteiger partial charge in [0.2, 0.25) is 0 Å². The van der Waals surface area contributed by atoms with E-state index in [4.69, 9.17) is 4.98 Å². The molecule has 0 amide bonds. The van der Waals surface area contributed by atoms with E-state index >= 15 is 0 Å². The fourth-order valence-electron chi connectivity index (χ4n) is 2.77. The van der Waals surface area contributed by atoms with Crippen molar-refractivity contribution in [1.29, 1.82) is 0 Å². The Morgan fingerprint density at radius 1 is 1.40 bits per heavy atom. The number of nitrogens with one attached hydrogen (secondary N) is 1. The minimum atomic E-state index is 0.378. The molecule has 1 aromatic heterocycles. The van der Waals surface area contributed by atoms with Crippen LogP contribution in [0.25, 0.3) is 0 Å². The van der Waals surface area contributed by atoms with Gasteiger partial charge in [0.15, 0.2) is 0 Å². The van der Waals surface area contributed by atoms with E-state index in [1.165, 1.54) is 24.9 Å². The second-order valence-electron chi connectivity index (χ2n) is 6.03. The van der Waals surface area contributed by atoms with E-state index in [0.717, 1.165) is 31.2 Å². The third-order valence-corrected chi connectivity index (χ3v) is 4.04. The van der Waals surface area contributed by atoms with E-state index in [2.05, 4.69) is 42.9 Å². The number of hydrogen-bond donors (Lipinski definition) is 1. The van der Waals surface area contributed by atoms with Crippen LogP contribution < -0.4 is 10.2 Å². The fraction of sp³-hybridized carbons (Fsp3) is 0.750. The van der Waals surface area contributed by atoms with Crippen molar-refractivity contribution in [1.82, 2.24) is 15.3 Å². The van der Waals surface area contributed by atoms with Crippen molar-refractivity contribution in [2.45, 2.75) is 65.5 Å². The summed E-state index contributed by atoms with van der Waals surface area (Å²) in [5, 5.41) is 3.41. The largest absolute Gasteiger partial charge is 0.366 e. The summed E-state index contributed by atoms with van der Waals surface area (Å²) in [5.74, 6) is 1.33. The summed E-state index contributed by atoms with van der Waals surface area (Å²) in [5.41, 5.74) is 2.38. The van der Waals surface area contributed by atoms with E-state index in [1.54, 1.807) is 0 Å². The van der Waals surface area contributed by atoms with Gasteiger partial charge in [-0.1, -0.05) is 20.8 Å². The first-order valence-electron chi connectivity index (χ1n) is 7.96. The van der Waals surface area contributed by atoms with Gasteiger partial charge >= 0.3 is 0 Å². The normalized spacial score (nSPS) is 19.6. The Bertz CT molecular complexity index is 430. The molecule has 0 saturated carbocycles. The maximum Gasteiger partial charge on any atom is 0.131 e. The fourth-order valence-corrected chi connectivity index (χ4v) is 2.77. The molecule has 0 radical (unpaired) electrons. The minimum Gasteiger partial charge on any atom is -0.366 e. The summed E-state index contributed by atoms with van der Waals surface area (Å²) < 4.78 is 0. The summed E-state index contributed by atoms with van der Waals surface area (Å²) in [6, 6.07) is 0.595. The summed E-state index contributed by atoms with van der Waals surface area (Å²) in [4.78, 5) is 11.9. The molecule has 4 heteroatoms. The van der Waals surface area contributed by atoms with Gasteiger partial charge in [-0.15, -0.1) is 0 Å². The van der Waals surface area contributed by atoms with Gasteiger partial charge in [-0.05, 0) is 32.7 Å². The van der Waals surface area contributed by atoms with Gasteiger partial charge in [-0.3, -0.25) is 0 Å². The van der Waals surface area contributed by atoms with Crippen molar-refractivity contribution in [2.75, 3.05) is 18.0 Å². The molecule has 1 fully saturated rings. The van der Waals surface area contributed by atoms with Crippen molar-refractivity contribution >= 4 is 5.69 Å². The van der Waals surface area contributed by atoms with Crippen LogP contribution in [0.5, 0.6) is 0 Å². The zero-order chi connectivity index (χ0) is 14.5. The SMILES string of the molecule is CCNCc1nc(C(C)C)ncc1N1CCCCC1C. The second-order valence-corrected chi connectivity index (χ2v) is 6.03. The molecule has 0 aliphatic carbocycles. The lowest BCUT2D eigenvalue weighted by atomic mass is 10.0. The van der Waals surface area contributed by atoms with Crippen molar-refractivity contribution in [3.63, 3.8) is 0 Å². The molecule has 1 N–H and O–H groups in total. The molecule has 1 aromatic rings. The maximum atomic E-state index is 4.80. The van der Waals surface area contributed by atoms with Crippen LogP contribution in [0.4, 0.5) is 5.69 Å². The molecule has 0 aromatic carbocycles. The molecule has 0 spiro atoms. The topological polar surface area (TPSA) is 41.1 Å². The predicted molar refractivity (Wildman–Crippen MR) is 84.2 cm³/mol. The highest BCUT2D eigenvalue weighted by molar-refractivity contribution is 5.50. The molecule has 1 atom stereocenters. The quantitative estimate of drug-likeness (QED) is 0.897. The van der Waals surface area contributed by atoms with E-state index in [9.17, 15) is 0 Å². The van der Waals surface area contributed by atoms with Crippen LogP contribution >= 0.6 is 0 Å². The van der Waals surface area contributed by atoms with E-state index in [-0.39, 0.29) is 0 Å². The van der Waals surface area contributed by atoms with Crippen LogP contribution in [0.3, 0.4) is 0 Å². The van der Waals surface area contributed by atoms with Crippen molar-refractivity contribution in [3.8, 4) is 0 Å². The third-order valence-electron chi connectivity index (χ3n) is 4.04. The first-order chi connectivity index (χ1) is 9.63. The van der Waals surface area contributed by atoms with Gasteiger partial charge < -0.3 is 10.2 Å². The zero-order valence-corrected chi connectivity index (χ0v) is 13.3. The van der Waals surface area contributed by atoms with Crippen molar-refractivity contribution in [2.24, 2.45) is 0 Å². The van der Waals surface area contributed by atoms with E-state index < -0.39 is 0 Å². The lowest BCUT2D eigenvalue weighted by Crippen LogP contribution is -2.38. The molecule has 1 unspecified atom stereocenters. The number of hydrogen-bond acceptors (Lipinski definition) is 4. The minimum absolute atomic E-state index is 0.378. The van der Waals surface area contributed by atoms with Gasteiger partial charge in [-0.25, -0.2) is 9.97 Å². The van der Waals surface area contributed by atoms with Crippen LogP contribution in [-0.2, 0) is 6.54 Å². The number of rotatable bonds is 5. The van der Waals surface area contributed by atoms with Gasteiger partial charge in [0.25, 0.3) is 0 Å². The van der Waals surface area contributed by atoms with Gasteiger partial charge in [-0.2, -0.15) is 0 Å². The van der Waals surface area contributed by atoms with E-state index in [0.29, 0.717) is 12.0 Å². The molecule has 2 heterocycles. The lowest BCUT2D eigenvalue weighted by Gasteiger charge is -2.36.